The lowest BCUT2D eigenvalue weighted by Gasteiger charge is -2.24. The van der Waals surface area contributed by atoms with Gasteiger partial charge in [0.05, 0.1) is 11.4 Å². The fraction of sp³-hybridized carbons (Fsp3) is 0.263. The third-order valence-corrected chi connectivity index (χ3v) is 5.25. The summed E-state index contributed by atoms with van der Waals surface area (Å²) in [4.78, 5) is 16.9. The first kappa shape index (κ1) is 17.8. The first-order valence-corrected chi connectivity index (χ1v) is 9.98. The van der Waals surface area contributed by atoms with Crippen molar-refractivity contribution < 1.29 is 16.8 Å². The van der Waals surface area contributed by atoms with Crippen molar-refractivity contribution in [2.75, 3.05) is 0 Å². The Labute approximate surface area is 155 Å². The minimum Gasteiger partial charge on any atom is -0.306 e. The molecule has 0 atom stereocenters. The largest absolute Gasteiger partial charge is 0.371 e. The summed E-state index contributed by atoms with van der Waals surface area (Å²) >= 11 is 0. The fourth-order valence-corrected chi connectivity index (χ4v) is 3.58. The molecule has 5 nitrogen and oxygen atoms in total. The van der Waals surface area contributed by atoms with E-state index in [9.17, 15) is 16.8 Å². The Morgan fingerprint density at radius 2 is 2.04 bits per heavy atom. The van der Waals surface area contributed by atoms with E-state index >= 15 is 0 Å². The number of hydrogen-bond donors (Lipinski definition) is 0. The van der Waals surface area contributed by atoms with Crippen LogP contribution in [0.1, 0.15) is 36.0 Å². The first-order valence-electron chi connectivity index (χ1n) is 8.66. The van der Waals surface area contributed by atoms with Gasteiger partial charge in [0.2, 0.25) is 0 Å². The SMILES string of the molecule is O=C(CC1CCC1)c1ccc2nc(-c3cccc(N=S(=O)(F)F)c3)cn2c1. The normalized spacial score (nSPS) is 14.9. The summed E-state index contributed by atoms with van der Waals surface area (Å²) in [6.45, 7) is 0. The van der Waals surface area contributed by atoms with Crippen LogP contribution in [0.4, 0.5) is 13.5 Å². The highest BCUT2D eigenvalue weighted by atomic mass is 32.3. The maximum absolute atomic E-state index is 12.7. The zero-order valence-electron chi connectivity index (χ0n) is 14.3. The van der Waals surface area contributed by atoms with Crippen molar-refractivity contribution in [2.24, 2.45) is 10.3 Å². The van der Waals surface area contributed by atoms with Crippen LogP contribution in [0.25, 0.3) is 16.9 Å². The predicted molar refractivity (Wildman–Crippen MR) is 99.4 cm³/mol. The number of carbonyl (C=O) groups excluding carboxylic acids is 1. The number of ketones is 1. The molecule has 0 bridgehead atoms. The third kappa shape index (κ3) is 4.05. The van der Waals surface area contributed by atoms with Crippen molar-refractivity contribution in [1.29, 1.82) is 0 Å². The van der Waals surface area contributed by atoms with Crippen LogP contribution in [-0.4, -0.2) is 19.4 Å². The Morgan fingerprint density at radius 3 is 2.74 bits per heavy atom. The Morgan fingerprint density at radius 1 is 1.22 bits per heavy atom. The van der Waals surface area contributed by atoms with E-state index in [0.29, 0.717) is 34.8 Å². The van der Waals surface area contributed by atoms with Crippen LogP contribution in [0.15, 0.2) is 53.2 Å². The Kier molecular flexibility index (Phi) is 4.51. The van der Waals surface area contributed by atoms with Crippen molar-refractivity contribution >= 4 is 27.6 Å². The van der Waals surface area contributed by atoms with Crippen molar-refractivity contribution in [3.63, 3.8) is 0 Å². The number of hydrogen-bond acceptors (Lipinski definition) is 4. The number of rotatable bonds is 5. The first-order chi connectivity index (χ1) is 12.9. The number of fused-ring (bicyclic) bond motifs is 1. The highest BCUT2D eigenvalue weighted by Gasteiger charge is 2.21. The second-order valence-electron chi connectivity index (χ2n) is 6.77. The summed E-state index contributed by atoms with van der Waals surface area (Å²) in [5.74, 6) is 0.623. The molecule has 2 heterocycles. The van der Waals surface area contributed by atoms with Crippen molar-refractivity contribution in [3.05, 3.63) is 54.4 Å². The van der Waals surface area contributed by atoms with E-state index in [-0.39, 0.29) is 11.5 Å². The topological polar surface area (TPSA) is 63.8 Å². The van der Waals surface area contributed by atoms with Gasteiger partial charge in [0.25, 0.3) is 0 Å². The van der Waals surface area contributed by atoms with Crippen LogP contribution in [0.2, 0.25) is 0 Å². The third-order valence-electron chi connectivity index (χ3n) is 4.83. The second kappa shape index (κ2) is 6.84. The molecule has 140 valence electrons. The number of pyridine rings is 1. The molecule has 1 aromatic carbocycles. The maximum atomic E-state index is 12.7. The number of aromatic nitrogens is 2. The number of halogens is 2. The summed E-state index contributed by atoms with van der Waals surface area (Å²) < 4.78 is 40.6. The fourth-order valence-electron chi connectivity index (χ4n) is 3.22. The van der Waals surface area contributed by atoms with Gasteiger partial charge in [-0.1, -0.05) is 39.2 Å². The molecule has 4 rings (SSSR count). The van der Waals surface area contributed by atoms with Gasteiger partial charge >= 0.3 is 10.5 Å². The van der Waals surface area contributed by atoms with Crippen LogP contribution < -0.4 is 0 Å². The monoisotopic (exact) mass is 389 g/mol. The van der Waals surface area contributed by atoms with Gasteiger partial charge in [0.1, 0.15) is 5.65 Å². The molecule has 1 fully saturated rings. The molecule has 0 saturated heterocycles. The standard InChI is InChI=1S/C19H17F2N3O2S/c20-27(21,26)23-16-6-2-5-14(10-16)17-12-24-11-15(7-8-19(24)22-17)18(25)9-13-3-1-4-13/h2,5-8,10-13H,1,3-4,9H2. The molecule has 0 amide bonds. The molecular weight excluding hydrogens is 372 g/mol. The van der Waals surface area contributed by atoms with Gasteiger partial charge in [-0.3, -0.25) is 4.79 Å². The van der Waals surface area contributed by atoms with Crippen LogP contribution in [0.3, 0.4) is 0 Å². The van der Waals surface area contributed by atoms with Crippen LogP contribution >= 0.6 is 0 Å². The van der Waals surface area contributed by atoms with Gasteiger partial charge in [-0.25, -0.2) is 4.98 Å². The zero-order chi connectivity index (χ0) is 19.0. The molecule has 8 heteroatoms. The number of Topliss-reactive ketones (excluding diaryl/α,β-unsaturated/α-hetero) is 1. The highest BCUT2D eigenvalue weighted by molar-refractivity contribution is 7.83. The van der Waals surface area contributed by atoms with Crippen molar-refractivity contribution in [1.82, 2.24) is 9.38 Å². The molecular formula is C19H17F2N3O2S. The van der Waals surface area contributed by atoms with Gasteiger partial charge in [-0.05, 0) is 30.2 Å². The summed E-state index contributed by atoms with van der Waals surface area (Å²) in [5.41, 5.74) is 2.34. The molecule has 0 N–H and O–H groups in total. The summed E-state index contributed by atoms with van der Waals surface area (Å²) in [7, 11) is -5.21. The van der Waals surface area contributed by atoms with E-state index < -0.39 is 10.5 Å². The molecule has 0 aliphatic heterocycles. The van der Waals surface area contributed by atoms with E-state index in [1.807, 2.05) is 0 Å². The molecule has 2 aromatic heterocycles. The van der Waals surface area contributed by atoms with Gasteiger partial charge in [-0.2, -0.15) is 4.21 Å². The predicted octanol–water partition coefficient (Wildman–Crippen LogP) is 5.24. The van der Waals surface area contributed by atoms with Crippen LogP contribution in [-0.2, 0) is 10.5 Å². The second-order valence-corrected chi connectivity index (χ2v) is 7.75. The van der Waals surface area contributed by atoms with E-state index in [1.54, 1.807) is 41.1 Å². The van der Waals surface area contributed by atoms with Crippen molar-refractivity contribution in [2.45, 2.75) is 25.7 Å². The molecule has 0 radical (unpaired) electrons. The molecule has 0 spiro atoms. The van der Waals surface area contributed by atoms with Gasteiger partial charge in [0, 0.05) is 29.9 Å². The smallest absolute Gasteiger partial charge is 0.306 e. The van der Waals surface area contributed by atoms with Gasteiger partial charge in [-0.15, -0.1) is 4.36 Å². The minimum atomic E-state index is -5.21. The van der Waals surface area contributed by atoms with Crippen LogP contribution in [0, 0.1) is 5.92 Å². The number of benzene rings is 1. The molecule has 1 aliphatic carbocycles. The lowest BCUT2D eigenvalue weighted by Crippen LogP contribution is -2.16. The van der Waals surface area contributed by atoms with Crippen LogP contribution in [0.5, 0.6) is 0 Å². The van der Waals surface area contributed by atoms with Gasteiger partial charge in [0.15, 0.2) is 5.78 Å². The van der Waals surface area contributed by atoms with E-state index in [0.717, 1.165) is 12.8 Å². The average Bonchev–Trinajstić information content (AvgIpc) is 3.00. The van der Waals surface area contributed by atoms with E-state index in [2.05, 4.69) is 9.35 Å². The number of imidazole rings is 1. The Hall–Kier alpha value is -2.61. The summed E-state index contributed by atoms with van der Waals surface area (Å²) in [6.07, 6.45) is 7.49. The minimum absolute atomic E-state index is 0.0732. The molecule has 1 saturated carbocycles. The Balaban J connectivity index is 1.64. The number of nitrogens with zero attached hydrogens (tertiary/aromatic N) is 3. The number of carbonyl (C=O) groups is 1. The quantitative estimate of drug-likeness (QED) is 0.443. The summed E-state index contributed by atoms with van der Waals surface area (Å²) in [6, 6.07) is 9.55. The average molecular weight is 389 g/mol. The molecule has 1 aliphatic rings. The summed E-state index contributed by atoms with van der Waals surface area (Å²) in [5, 5.41) is 0. The zero-order valence-corrected chi connectivity index (χ0v) is 15.2. The molecule has 3 aromatic rings. The van der Waals surface area contributed by atoms with E-state index in [4.69, 9.17) is 0 Å². The van der Waals surface area contributed by atoms with E-state index in [1.165, 1.54) is 18.6 Å². The highest BCUT2D eigenvalue weighted by Crippen LogP contribution is 2.31. The maximum Gasteiger partial charge on any atom is 0.371 e. The molecule has 0 unspecified atom stereocenters. The van der Waals surface area contributed by atoms with Crippen molar-refractivity contribution in [3.8, 4) is 11.3 Å². The Bertz CT molecular complexity index is 1140. The lowest BCUT2D eigenvalue weighted by atomic mass is 9.81. The lowest BCUT2D eigenvalue weighted by molar-refractivity contribution is 0.0936. The van der Waals surface area contributed by atoms with Gasteiger partial charge < -0.3 is 4.40 Å². The molecule has 27 heavy (non-hydrogen) atoms.